The Morgan fingerprint density at radius 1 is 1.15 bits per heavy atom. The average Bonchev–Trinajstić information content (AvgIpc) is 2.67. The highest BCUT2D eigenvalue weighted by Crippen LogP contribution is 2.23. The second-order valence-electron chi connectivity index (χ2n) is 6.33. The van der Waals surface area contributed by atoms with Crippen molar-refractivity contribution >= 4 is 23.3 Å². The van der Waals surface area contributed by atoms with E-state index in [1.807, 2.05) is 31.2 Å². The molecule has 1 fully saturated rings. The topological polar surface area (TPSA) is 85.4 Å². The lowest BCUT2D eigenvalue weighted by Gasteiger charge is -2.28. The number of ether oxygens (including phenoxy) is 2. The molecular weight excluding hydrogens is 368 g/mol. The minimum absolute atomic E-state index is 0.0541. The molecule has 1 heterocycles. The van der Waals surface area contributed by atoms with Crippen LogP contribution in [0, 0.1) is 0 Å². The Balaban J connectivity index is 1.40. The van der Waals surface area contributed by atoms with Crippen LogP contribution in [-0.4, -0.2) is 34.8 Å². The molecule has 0 radical (unpaired) electrons. The first-order valence-electron chi connectivity index (χ1n) is 9.07. The Hall–Kier alpha value is -2.54. The lowest BCUT2D eigenvalue weighted by Crippen LogP contribution is -2.41. The molecule has 2 amide bonds. The summed E-state index contributed by atoms with van der Waals surface area (Å²) in [5.74, 6) is 0.784. The van der Waals surface area contributed by atoms with Crippen LogP contribution >= 0.6 is 11.6 Å². The van der Waals surface area contributed by atoms with Crippen molar-refractivity contribution in [3.05, 3.63) is 41.7 Å². The van der Waals surface area contributed by atoms with Crippen LogP contribution < -0.4 is 20.1 Å². The van der Waals surface area contributed by atoms with E-state index >= 15 is 0 Å². The summed E-state index contributed by atoms with van der Waals surface area (Å²) in [6, 6.07) is 7.57. The summed E-state index contributed by atoms with van der Waals surface area (Å²) < 4.78 is 11.2. The van der Waals surface area contributed by atoms with Crippen LogP contribution in [0.5, 0.6) is 11.8 Å². The molecule has 0 unspecified atom stereocenters. The van der Waals surface area contributed by atoms with Gasteiger partial charge in [-0.15, -0.1) is 0 Å². The number of urea groups is 1. The largest absolute Gasteiger partial charge is 0.494 e. The number of halogens is 1. The van der Waals surface area contributed by atoms with Crippen LogP contribution in [0.3, 0.4) is 0 Å². The zero-order valence-electron chi connectivity index (χ0n) is 15.2. The van der Waals surface area contributed by atoms with Crippen molar-refractivity contribution < 1.29 is 14.3 Å². The van der Waals surface area contributed by atoms with E-state index in [9.17, 15) is 4.79 Å². The molecule has 8 heteroatoms. The molecule has 0 atom stereocenters. The monoisotopic (exact) mass is 390 g/mol. The van der Waals surface area contributed by atoms with Gasteiger partial charge < -0.3 is 20.1 Å². The van der Waals surface area contributed by atoms with Gasteiger partial charge in [0.2, 0.25) is 0 Å². The summed E-state index contributed by atoms with van der Waals surface area (Å²) in [5.41, 5.74) is 0.729. The van der Waals surface area contributed by atoms with Gasteiger partial charge >= 0.3 is 12.0 Å². The van der Waals surface area contributed by atoms with Gasteiger partial charge in [0.05, 0.1) is 24.0 Å². The van der Waals surface area contributed by atoms with E-state index in [4.69, 9.17) is 21.1 Å². The fraction of sp³-hybridized carbons (Fsp3) is 0.421. The molecule has 1 aliphatic rings. The SMILES string of the molecule is CCOc1ccc(NC(=O)NC2CCC(Oc3ncc(Cl)cn3)CC2)cc1. The second kappa shape index (κ2) is 9.41. The third kappa shape index (κ3) is 5.99. The molecule has 2 N–H and O–H groups in total. The molecule has 0 aliphatic heterocycles. The summed E-state index contributed by atoms with van der Waals surface area (Å²) in [5, 5.41) is 6.34. The molecule has 1 saturated carbocycles. The predicted octanol–water partition coefficient (Wildman–Crippen LogP) is 4.04. The molecule has 0 bridgehead atoms. The van der Waals surface area contributed by atoms with E-state index in [1.54, 1.807) is 0 Å². The smallest absolute Gasteiger partial charge is 0.319 e. The quantitative estimate of drug-likeness (QED) is 0.777. The maximum atomic E-state index is 12.2. The molecule has 144 valence electrons. The van der Waals surface area contributed by atoms with Gasteiger partial charge in [0.1, 0.15) is 11.9 Å². The lowest BCUT2D eigenvalue weighted by molar-refractivity contribution is 0.129. The van der Waals surface area contributed by atoms with Crippen molar-refractivity contribution in [3.63, 3.8) is 0 Å². The molecule has 7 nitrogen and oxygen atoms in total. The normalized spacial score (nSPS) is 19.2. The number of carbonyl (C=O) groups excluding carboxylic acids is 1. The summed E-state index contributed by atoms with van der Waals surface area (Å²) in [6.45, 7) is 2.55. The maximum absolute atomic E-state index is 12.2. The summed E-state index contributed by atoms with van der Waals surface area (Å²) in [7, 11) is 0. The standard InChI is InChI=1S/C19H23ClN4O3/c1-2-26-16-7-3-14(4-8-16)23-18(25)24-15-5-9-17(10-6-15)27-19-21-11-13(20)12-22-19/h3-4,7-8,11-12,15,17H,2,5-6,9-10H2,1H3,(H2,23,24,25). The number of amides is 2. The fourth-order valence-electron chi connectivity index (χ4n) is 2.99. The zero-order valence-corrected chi connectivity index (χ0v) is 15.9. The van der Waals surface area contributed by atoms with E-state index in [2.05, 4.69) is 20.6 Å². The molecule has 1 aromatic carbocycles. The molecule has 0 spiro atoms. The van der Waals surface area contributed by atoms with Crippen LogP contribution in [0.1, 0.15) is 32.6 Å². The Labute approximate surface area is 163 Å². The first-order valence-corrected chi connectivity index (χ1v) is 9.44. The lowest BCUT2D eigenvalue weighted by atomic mass is 9.93. The van der Waals surface area contributed by atoms with E-state index in [-0.39, 0.29) is 18.2 Å². The molecule has 2 aromatic rings. The number of hydrogen-bond acceptors (Lipinski definition) is 5. The first-order chi connectivity index (χ1) is 13.1. The highest BCUT2D eigenvalue weighted by Gasteiger charge is 2.24. The van der Waals surface area contributed by atoms with Gasteiger partial charge in [-0.05, 0) is 56.9 Å². The molecule has 27 heavy (non-hydrogen) atoms. The molecular formula is C19H23ClN4O3. The van der Waals surface area contributed by atoms with Crippen molar-refractivity contribution in [1.29, 1.82) is 0 Å². The molecule has 1 aromatic heterocycles. The Morgan fingerprint density at radius 3 is 2.44 bits per heavy atom. The number of anilines is 1. The zero-order chi connectivity index (χ0) is 19.1. The Kier molecular flexibility index (Phi) is 6.70. The van der Waals surface area contributed by atoms with E-state index in [1.165, 1.54) is 12.4 Å². The van der Waals surface area contributed by atoms with Crippen LogP contribution in [0.25, 0.3) is 0 Å². The minimum Gasteiger partial charge on any atom is -0.494 e. The van der Waals surface area contributed by atoms with Gasteiger partial charge in [-0.3, -0.25) is 0 Å². The molecule has 1 aliphatic carbocycles. The highest BCUT2D eigenvalue weighted by molar-refractivity contribution is 6.30. The third-order valence-electron chi connectivity index (χ3n) is 4.30. The number of carbonyl (C=O) groups is 1. The highest BCUT2D eigenvalue weighted by atomic mass is 35.5. The summed E-state index contributed by atoms with van der Waals surface area (Å²) >= 11 is 5.77. The first kappa shape index (κ1) is 19.2. The van der Waals surface area contributed by atoms with Crippen molar-refractivity contribution in [2.75, 3.05) is 11.9 Å². The van der Waals surface area contributed by atoms with Crippen LogP contribution in [0.15, 0.2) is 36.7 Å². The van der Waals surface area contributed by atoms with E-state index in [0.29, 0.717) is 17.6 Å². The fourth-order valence-corrected chi connectivity index (χ4v) is 3.09. The Bertz CT molecular complexity index is 732. The number of hydrogen-bond donors (Lipinski definition) is 2. The number of aromatic nitrogens is 2. The van der Waals surface area contributed by atoms with Crippen molar-refractivity contribution in [1.82, 2.24) is 15.3 Å². The van der Waals surface area contributed by atoms with Crippen molar-refractivity contribution in [2.24, 2.45) is 0 Å². The van der Waals surface area contributed by atoms with E-state index in [0.717, 1.165) is 37.1 Å². The van der Waals surface area contributed by atoms with Gasteiger partial charge in [-0.2, -0.15) is 0 Å². The number of benzene rings is 1. The third-order valence-corrected chi connectivity index (χ3v) is 4.50. The Morgan fingerprint density at radius 2 is 1.81 bits per heavy atom. The second-order valence-corrected chi connectivity index (χ2v) is 6.77. The van der Waals surface area contributed by atoms with Gasteiger partial charge in [0.25, 0.3) is 0 Å². The average molecular weight is 391 g/mol. The van der Waals surface area contributed by atoms with E-state index < -0.39 is 0 Å². The van der Waals surface area contributed by atoms with Crippen LogP contribution in [-0.2, 0) is 0 Å². The van der Waals surface area contributed by atoms with Crippen molar-refractivity contribution in [3.8, 4) is 11.8 Å². The van der Waals surface area contributed by atoms with Gasteiger partial charge in [0, 0.05) is 11.7 Å². The minimum atomic E-state index is -0.204. The van der Waals surface area contributed by atoms with Crippen LogP contribution in [0.2, 0.25) is 5.02 Å². The maximum Gasteiger partial charge on any atom is 0.319 e. The predicted molar refractivity (Wildman–Crippen MR) is 103 cm³/mol. The van der Waals surface area contributed by atoms with Gasteiger partial charge in [-0.1, -0.05) is 11.6 Å². The number of rotatable bonds is 6. The van der Waals surface area contributed by atoms with Crippen molar-refractivity contribution in [2.45, 2.75) is 44.8 Å². The summed E-state index contributed by atoms with van der Waals surface area (Å²) in [4.78, 5) is 20.3. The number of nitrogens with one attached hydrogen (secondary N) is 2. The number of nitrogens with zero attached hydrogens (tertiary/aromatic N) is 2. The van der Waals surface area contributed by atoms with Crippen LogP contribution in [0.4, 0.5) is 10.5 Å². The molecule has 3 rings (SSSR count). The molecule has 0 saturated heterocycles. The summed E-state index contributed by atoms with van der Waals surface area (Å²) in [6.07, 6.45) is 6.44. The van der Waals surface area contributed by atoms with Gasteiger partial charge in [0.15, 0.2) is 0 Å². The van der Waals surface area contributed by atoms with Gasteiger partial charge in [-0.25, -0.2) is 14.8 Å².